The van der Waals surface area contributed by atoms with Crippen LogP contribution in [-0.4, -0.2) is 13.1 Å². The van der Waals surface area contributed by atoms with Crippen LogP contribution < -0.4 is 9.47 Å². The highest BCUT2D eigenvalue weighted by Crippen LogP contribution is 2.24. The van der Waals surface area contributed by atoms with Crippen molar-refractivity contribution in [3.63, 3.8) is 0 Å². The molecular weight excluding hydrogens is 300 g/mol. The van der Waals surface area contributed by atoms with Crippen LogP contribution in [0.15, 0.2) is 72.8 Å². The summed E-state index contributed by atoms with van der Waals surface area (Å²) in [6.45, 7) is 1.96. The largest absolute Gasteiger partial charge is 0.497 e. The molecule has 3 heteroatoms. The molecule has 0 saturated heterocycles. The number of carbonyl (C=O) groups is 1. The monoisotopic (exact) mass is 318 g/mol. The molecular formula is C21H18O3. The molecule has 0 aliphatic carbocycles. The maximum absolute atomic E-state index is 12.4. The van der Waals surface area contributed by atoms with E-state index < -0.39 is 0 Å². The summed E-state index contributed by atoms with van der Waals surface area (Å²) in [6, 6.07) is 22.6. The molecule has 0 saturated carbocycles. The van der Waals surface area contributed by atoms with Gasteiger partial charge in [0.25, 0.3) is 0 Å². The summed E-state index contributed by atoms with van der Waals surface area (Å²) >= 11 is 0. The Morgan fingerprint density at radius 1 is 0.792 bits per heavy atom. The normalized spacial score (nSPS) is 10.2. The average Bonchev–Trinajstić information content (AvgIpc) is 2.62. The topological polar surface area (TPSA) is 35.5 Å². The molecule has 120 valence electrons. The SMILES string of the molecule is COc1ccc(-c2cccc(C(=O)Oc3cccc(C)c3)c2)cc1. The van der Waals surface area contributed by atoms with Gasteiger partial charge in [-0.2, -0.15) is 0 Å². The minimum Gasteiger partial charge on any atom is -0.497 e. The van der Waals surface area contributed by atoms with Gasteiger partial charge in [-0.1, -0.05) is 36.4 Å². The van der Waals surface area contributed by atoms with Crippen LogP contribution in [0.25, 0.3) is 11.1 Å². The fourth-order valence-electron chi connectivity index (χ4n) is 2.45. The van der Waals surface area contributed by atoms with Crippen molar-refractivity contribution in [3.05, 3.63) is 83.9 Å². The number of hydrogen-bond acceptors (Lipinski definition) is 3. The van der Waals surface area contributed by atoms with Gasteiger partial charge in [0.05, 0.1) is 12.7 Å². The van der Waals surface area contributed by atoms with Crippen molar-refractivity contribution in [2.24, 2.45) is 0 Å². The number of aryl methyl sites for hydroxylation is 1. The Kier molecular flexibility index (Phi) is 4.62. The van der Waals surface area contributed by atoms with Crippen LogP contribution >= 0.6 is 0 Å². The number of esters is 1. The maximum Gasteiger partial charge on any atom is 0.343 e. The molecule has 3 rings (SSSR count). The van der Waals surface area contributed by atoms with Gasteiger partial charge >= 0.3 is 5.97 Å². The first kappa shape index (κ1) is 15.8. The van der Waals surface area contributed by atoms with Crippen LogP contribution in [0.3, 0.4) is 0 Å². The van der Waals surface area contributed by atoms with Gasteiger partial charge in [-0.15, -0.1) is 0 Å². The Morgan fingerprint density at radius 2 is 1.54 bits per heavy atom. The Hall–Kier alpha value is -3.07. The van der Waals surface area contributed by atoms with Gasteiger partial charge in [-0.05, 0) is 60.0 Å². The Bertz CT molecular complexity index is 851. The van der Waals surface area contributed by atoms with E-state index in [2.05, 4.69) is 0 Å². The van der Waals surface area contributed by atoms with E-state index in [4.69, 9.17) is 9.47 Å². The molecule has 3 aromatic carbocycles. The summed E-state index contributed by atoms with van der Waals surface area (Å²) in [6.07, 6.45) is 0. The molecule has 0 N–H and O–H groups in total. The van der Waals surface area contributed by atoms with Crippen molar-refractivity contribution in [2.45, 2.75) is 6.92 Å². The number of carbonyl (C=O) groups excluding carboxylic acids is 1. The Morgan fingerprint density at radius 3 is 2.25 bits per heavy atom. The van der Waals surface area contributed by atoms with Crippen molar-refractivity contribution in [2.75, 3.05) is 7.11 Å². The predicted molar refractivity (Wildman–Crippen MR) is 94.6 cm³/mol. The van der Waals surface area contributed by atoms with E-state index in [-0.39, 0.29) is 5.97 Å². The smallest absolute Gasteiger partial charge is 0.343 e. The molecule has 0 aliphatic rings. The van der Waals surface area contributed by atoms with Gasteiger partial charge in [0.1, 0.15) is 11.5 Å². The lowest BCUT2D eigenvalue weighted by molar-refractivity contribution is 0.0735. The lowest BCUT2D eigenvalue weighted by Gasteiger charge is -2.08. The first-order valence-electron chi connectivity index (χ1n) is 7.69. The number of methoxy groups -OCH3 is 1. The van der Waals surface area contributed by atoms with Crippen LogP contribution in [0.1, 0.15) is 15.9 Å². The van der Waals surface area contributed by atoms with Crippen molar-refractivity contribution in [1.29, 1.82) is 0 Å². The molecule has 0 aliphatic heterocycles. The second-order valence-electron chi connectivity index (χ2n) is 5.52. The summed E-state index contributed by atoms with van der Waals surface area (Å²) in [5.74, 6) is 0.986. The second kappa shape index (κ2) is 7.01. The minimum atomic E-state index is -0.365. The van der Waals surface area contributed by atoms with E-state index in [9.17, 15) is 4.79 Å². The summed E-state index contributed by atoms with van der Waals surface area (Å²) in [5, 5.41) is 0. The fraction of sp³-hybridized carbons (Fsp3) is 0.0952. The lowest BCUT2D eigenvalue weighted by Crippen LogP contribution is -2.08. The highest BCUT2D eigenvalue weighted by atomic mass is 16.5. The lowest BCUT2D eigenvalue weighted by atomic mass is 10.0. The van der Waals surface area contributed by atoms with E-state index >= 15 is 0 Å². The van der Waals surface area contributed by atoms with E-state index in [1.165, 1.54) is 0 Å². The molecule has 0 spiro atoms. The van der Waals surface area contributed by atoms with E-state index in [1.54, 1.807) is 19.2 Å². The highest BCUT2D eigenvalue weighted by Gasteiger charge is 2.10. The average molecular weight is 318 g/mol. The first-order chi connectivity index (χ1) is 11.7. The van der Waals surface area contributed by atoms with Gasteiger partial charge in [0.15, 0.2) is 0 Å². The highest BCUT2D eigenvalue weighted by molar-refractivity contribution is 5.92. The molecule has 0 fully saturated rings. The van der Waals surface area contributed by atoms with Crippen LogP contribution in [0.4, 0.5) is 0 Å². The molecule has 0 heterocycles. The first-order valence-corrected chi connectivity index (χ1v) is 7.69. The summed E-state index contributed by atoms with van der Waals surface area (Å²) in [7, 11) is 1.64. The Balaban J connectivity index is 1.82. The van der Waals surface area contributed by atoms with E-state index in [1.807, 2.05) is 67.6 Å². The van der Waals surface area contributed by atoms with E-state index in [0.29, 0.717) is 11.3 Å². The summed E-state index contributed by atoms with van der Waals surface area (Å²) in [5.41, 5.74) is 3.54. The van der Waals surface area contributed by atoms with Crippen LogP contribution in [0.2, 0.25) is 0 Å². The number of ether oxygens (including phenoxy) is 2. The molecule has 0 bridgehead atoms. The Labute approximate surface area is 141 Å². The maximum atomic E-state index is 12.4. The third-order valence-electron chi connectivity index (χ3n) is 3.72. The number of benzene rings is 3. The molecule has 0 radical (unpaired) electrons. The fourth-order valence-corrected chi connectivity index (χ4v) is 2.45. The van der Waals surface area contributed by atoms with Gasteiger partial charge < -0.3 is 9.47 Å². The zero-order valence-electron chi connectivity index (χ0n) is 13.7. The third-order valence-corrected chi connectivity index (χ3v) is 3.72. The minimum absolute atomic E-state index is 0.365. The van der Waals surface area contributed by atoms with Gasteiger partial charge in [-0.3, -0.25) is 0 Å². The molecule has 0 amide bonds. The van der Waals surface area contributed by atoms with E-state index in [0.717, 1.165) is 22.4 Å². The predicted octanol–water partition coefficient (Wildman–Crippen LogP) is 4.89. The van der Waals surface area contributed by atoms with Crippen molar-refractivity contribution in [1.82, 2.24) is 0 Å². The summed E-state index contributed by atoms with van der Waals surface area (Å²) in [4.78, 5) is 12.4. The zero-order valence-corrected chi connectivity index (χ0v) is 13.7. The van der Waals surface area contributed by atoms with Crippen molar-refractivity contribution < 1.29 is 14.3 Å². The van der Waals surface area contributed by atoms with Gasteiger partial charge in [0.2, 0.25) is 0 Å². The zero-order chi connectivity index (χ0) is 16.9. The molecule has 0 aromatic heterocycles. The third kappa shape index (κ3) is 3.63. The number of hydrogen-bond donors (Lipinski definition) is 0. The molecule has 3 aromatic rings. The van der Waals surface area contributed by atoms with Crippen molar-refractivity contribution in [3.8, 4) is 22.6 Å². The standard InChI is InChI=1S/C21H18O3/c1-15-5-3-8-20(13-15)24-21(22)18-7-4-6-17(14-18)16-9-11-19(23-2)12-10-16/h3-14H,1-2H3. The van der Waals surface area contributed by atoms with Crippen LogP contribution in [0.5, 0.6) is 11.5 Å². The molecule has 0 atom stereocenters. The molecule has 24 heavy (non-hydrogen) atoms. The van der Waals surface area contributed by atoms with Gasteiger partial charge in [-0.25, -0.2) is 4.79 Å². The van der Waals surface area contributed by atoms with Gasteiger partial charge in [0, 0.05) is 0 Å². The quantitative estimate of drug-likeness (QED) is 0.507. The van der Waals surface area contributed by atoms with Crippen molar-refractivity contribution >= 4 is 5.97 Å². The van der Waals surface area contributed by atoms with Crippen LogP contribution in [-0.2, 0) is 0 Å². The molecule has 3 nitrogen and oxygen atoms in total. The van der Waals surface area contributed by atoms with Crippen LogP contribution in [0, 0.1) is 6.92 Å². The number of rotatable bonds is 4. The second-order valence-corrected chi connectivity index (χ2v) is 5.52. The summed E-state index contributed by atoms with van der Waals surface area (Å²) < 4.78 is 10.6. The molecule has 0 unspecified atom stereocenters.